The van der Waals surface area contributed by atoms with E-state index in [1.165, 1.54) is 17.3 Å². The van der Waals surface area contributed by atoms with Crippen molar-refractivity contribution < 1.29 is 4.79 Å². The molecule has 2 aromatic carbocycles. The molecule has 5 nitrogen and oxygen atoms in total. The number of rotatable bonds is 5. The fourth-order valence-electron chi connectivity index (χ4n) is 2.57. The maximum Gasteiger partial charge on any atom is 0.234 e. The van der Waals surface area contributed by atoms with E-state index in [0.717, 1.165) is 21.3 Å². The molecule has 7 heteroatoms. The highest BCUT2D eigenvalue weighted by molar-refractivity contribution is 9.10. The second-order valence-corrected chi connectivity index (χ2v) is 9.39. The molecule has 0 aliphatic heterocycles. The van der Waals surface area contributed by atoms with E-state index in [1.807, 2.05) is 37.3 Å². The van der Waals surface area contributed by atoms with Gasteiger partial charge in [0.05, 0.1) is 5.75 Å². The standard InChI is InChI=1S/C21H23BrN4OS/c1-13-5-10-16(11-17(13)22)23-18(27)12-28-20-24-19(25-26-20)14-6-8-15(9-7-14)21(2,3)4/h5-11H,12H2,1-4H3,(H,23,27)(H,24,25,26). The van der Waals surface area contributed by atoms with Crippen LogP contribution in [-0.4, -0.2) is 26.8 Å². The van der Waals surface area contributed by atoms with Crippen molar-refractivity contribution in [3.05, 3.63) is 58.1 Å². The number of nitrogens with one attached hydrogen (secondary N) is 2. The normalized spacial score (nSPS) is 11.5. The van der Waals surface area contributed by atoms with Gasteiger partial charge in [-0.15, -0.1) is 5.10 Å². The minimum atomic E-state index is -0.0957. The quantitative estimate of drug-likeness (QED) is 0.490. The lowest BCUT2D eigenvalue weighted by molar-refractivity contribution is -0.113. The number of thioether (sulfide) groups is 1. The first-order chi connectivity index (χ1) is 13.2. The average Bonchev–Trinajstić information content (AvgIpc) is 3.12. The van der Waals surface area contributed by atoms with Gasteiger partial charge in [-0.05, 0) is 35.6 Å². The number of anilines is 1. The zero-order chi connectivity index (χ0) is 20.3. The number of nitrogens with zero attached hydrogens (tertiary/aromatic N) is 2. The summed E-state index contributed by atoms with van der Waals surface area (Å²) in [7, 11) is 0. The minimum absolute atomic E-state index is 0.0957. The van der Waals surface area contributed by atoms with Crippen LogP contribution in [0.25, 0.3) is 11.4 Å². The summed E-state index contributed by atoms with van der Waals surface area (Å²) in [5.41, 5.74) is 4.24. The van der Waals surface area contributed by atoms with Crippen LogP contribution in [0.1, 0.15) is 31.9 Å². The maximum absolute atomic E-state index is 12.2. The summed E-state index contributed by atoms with van der Waals surface area (Å²) < 4.78 is 0.967. The third-order valence-corrected chi connectivity index (χ3v) is 5.98. The molecule has 28 heavy (non-hydrogen) atoms. The van der Waals surface area contributed by atoms with Gasteiger partial charge < -0.3 is 5.32 Å². The lowest BCUT2D eigenvalue weighted by Gasteiger charge is -2.18. The topological polar surface area (TPSA) is 70.7 Å². The van der Waals surface area contributed by atoms with Crippen LogP contribution in [0.5, 0.6) is 0 Å². The number of amides is 1. The van der Waals surface area contributed by atoms with Gasteiger partial charge in [0, 0.05) is 15.7 Å². The Morgan fingerprint density at radius 2 is 1.89 bits per heavy atom. The SMILES string of the molecule is Cc1ccc(NC(=O)CSc2n[nH]c(-c3ccc(C(C)(C)C)cc3)n2)cc1Br. The Kier molecular flexibility index (Phi) is 6.25. The van der Waals surface area contributed by atoms with Crippen molar-refractivity contribution in [1.29, 1.82) is 0 Å². The summed E-state index contributed by atoms with van der Waals surface area (Å²) in [5.74, 6) is 0.846. The van der Waals surface area contributed by atoms with E-state index < -0.39 is 0 Å². The molecule has 1 amide bonds. The number of hydrogen-bond donors (Lipinski definition) is 2. The number of aryl methyl sites for hydroxylation is 1. The smallest absolute Gasteiger partial charge is 0.234 e. The van der Waals surface area contributed by atoms with Gasteiger partial charge in [0.15, 0.2) is 5.82 Å². The molecule has 0 fully saturated rings. The minimum Gasteiger partial charge on any atom is -0.325 e. The zero-order valence-electron chi connectivity index (χ0n) is 16.3. The molecule has 0 unspecified atom stereocenters. The molecule has 0 saturated heterocycles. The van der Waals surface area contributed by atoms with Gasteiger partial charge in [-0.2, -0.15) is 0 Å². The highest BCUT2D eigenvalue weighted by Crippen LogP contribution is 2.26. The molecule has 0 spiro atoms. The summed E-state index contributed by atoms with van der Waals surface area (Å²) in [6.45, 7) is 8.56. The third-order valence-electron chi connectivity index (χ3n) is 4.28. The van der Waals surface area contributed by atoms with Crippen LogP contribution in [0.3, 0.4) is 0 Å². The van der Waals surface area contributed by atoms with E-state index in [1.54, 1.807) is 0 Å². The van der Waals surface area contributed by atoms with Crippen LogP contribution in [0.2, 0.25) is 0 Å². The molecular weight excluding hydrogens is 436 g/mol. The van der Waals surface area contributed by atoms with Crippen molar-refractivity contribution >= 4 is 39.3 Å². The molecule has 146 valence electrons. The van der Waals surface area contributed by atoms with Crippen molar-refractivity contribution in [3.63, 3.8) is 0 Å². The highest BCUT2D eigenvalue weighted by Gasteiger charge is 2.14. The first-order valence-electron chi connectivity index (χ1n) is 8.94. The predicted octanol–water partition coefficient (Wildman–Crippen LogP) is 5.57. The monoisotopic (exact) mass is 458 g/mol. The van der Waals surface area contributed by atoms with Gasteiger partial charge in [0.2, 0.25) is 11.1 Å². The van der Waals surface area contributed by atoms with E-state index in [0.29, 0.717) is 11.0 Å². The van der Waals surface area contributed by atoms with Crippen LogP contribution >= 0.6 is 27.7 Å². The second-order valence-electron chi connectivity index (χ2n) is 7.59. The van der Waals surface area contributed by atoms with E-state index in [9.17, 15) is 4.79 Å². The van der Waals surface area contributed by atoms with Crippen LogP contribution < -0.4 is 5.32 Å². The van der Waals surface area contributed by atoms with Crippen LogP contribution in [0, 0.1) is 6.92 Å². The van der Waals surface area contributed by atoms with Gasteiger partial charge in [-0.3, -0.25) is 9.89 Å². The molecule has 3 rings (SSSR count). The van der Waals surface area contributed by atoms with Gasteiger partial charge in [-0.1, -0.05) is 78.8 Å². The largest absolute Gasteiger partial charge is 0.325 e. The average molecular weight is 459 g/mol. The first-order valence-corrected chi connectivity index (χ1v) is 10.7. The number of carbonyl (C=O) groups excluding carboxylic acids is 1. The van der Waals surface area contributed by atoms with E-state index in [-0.39, 0.29) is 17.1 Å². The summed E-state index contributed by atoms with van der Waals surface area (Å²) in [6, 6.07) is 14.0. The number of H-pyrrole nitrogens is 1. The molecule has 0 aliphatic rings. The van der Waals surface area contributed by atoms with Crippen LogP contribution in [-0.2, 0) is 10.2 Å². The maximum atomic E-state index is 12.2. The molecule has 0 saturated carbocycles. The number of halogens is 1. The Morgan fingerprint density at radius 1 is 1.18 bits per heavy atom. The van der Waals surface area contributed by atoms with E-state index in [4.69, 9.17) is 0 Å². The van der Waals surface area contributed by atoms with Crippen molar-refractivity contribution in [2.75, 3.05) is 11.1 Å². The third kappa shape index (κ3) is 5.23. The lowest BCUT2D eigenvalue weighted by Crippen LogP contribution is -2.14. The highest BCUT2D eigenvalue weighted by atomic mass is 79.9. The summed E-state index contributed by atoms with van der Waals surface area (Å²) >= 11 is 4.77. The van der Waals surface area contributed by atoms with Gasteiger partial charge in [0.1, 0.15) is 0 Å². The van der Waals surface area contributed by atoms with Crippen LogP contribution in [0.4, 0.5) is 5.69 Å². The molecule has 0 atom stereocenters. The Morgan fingerprint density at radius 3 is 2.54 bits per heavy atom. The van der Waals surface area contributed by atoms with Crippen molar-refractivity contribution in [3.8, 4) is 11.4 Å². The molecule has 1 heterocycles. The first kappa shape index (κ1) is 20.6. The lowest BCUT2D eigenvalue weighted by atomic mass is 9.87. The van der Waals surface area contributed by atoms with E-state index >= 15 is 0 Å². The van der Waals surface area contributed by atoms with Gasteiger partial charge in [-0.25, -0.2) is 4.98 Å². The Balaban J connectivity index is 1.58. The number of carbonyl (C=O) groups is 1. The number of aromatic amines is 1. The zero-order valence-corrected chi connectivity index (χ0v) is 18.7. The van der Waals surface area contributed by atoms with E-state index in [2.05, 4.69) is 69.3 Å². The van der Waals surface area contributed by atoms with Gasteiger partial charge >= 0.3 is 0 Å². The molecule has 0 radical (unpaired) electrons. The number of aromatic nitrogens is 3. The molecule has 0 aliphatic carbocycles. The Bertz CT molecular complexity index is 977. The Hall–Kier alpha value is -2.12. The second kappa shape index (κ2) is 8.49. The molecular formula is C21H23BrN4OS. The van der Waals surface area contributed by atoms with Crippen molar-refractivity contribution in [1.82, 2.24) is 15.2 Å². The summed E-state index contributed by atoms with van der Waals surface area (Å²) in [6.07, 6.45) is 0. The summed E-state index contributed by atoms with van der Waals surface area (Å²) in [5, 5.41) is 10.6. The number of hydrogen-bond acceptors (Lipinski definition) is 4. The molecule has 3 aromatic rings. The molecule has 2 N–H and O–H groups in total. The fraction of sp³-hybridized carbons (Fsp3) is 0.286. The van der Waals surface area contributed by atoms with Crippen molar-refractivity contribution in [2.45, 2.75) is 38.3 Å². The predicted molar refractivity (Wildman–Crippen MR) is 119 cm³/mol. The van der Waals surface area contributed by atoms with Crippen molar-refractivity contribution in [2.24, 2.45) is 0 Å². The Labute approximate surface area is 177 Å². The van der Waals surface area contributed by atoms with Crippen LogP contribution in [0.15, 0.2) is 52.1 Å². The van der Waals surface area contributed by atoms with Gasteiger partial charge in [0.25, 0.3) is 0 Å². The fourth-order valence-corrected chi connectivity index (χ4v) is 3.54. The summed E-state index contributed by atoms with van der Waals surface area (Å²) in [4.78, 5) is 16.7. The molecule has 1 aromatic heterocycles. The number of benzene rings is 2. The molecule has 0 bridgehead atoms.